The lowest BCUT2D eigenvalue weighted by molar-refractivity contribution is 0.475. The minimum Gasteiger partial charge on any atom is -0.508 e. The standard InChI is InChI=1S/C6H5NO2.C6H7NO/c8-6-3-1-5(7-9)2-4-6;7-5-1-3-6(8)4-2-5/h1-4,8H;1-4,8H,7H2. The molecule has 0 bridgehead atoms. The molecule has 17 heavy (non-hydrogen) atoms. The summed E-state index contributed by atoms with van der Waals surface area (Å²) < 4.78 is 0. The Labute approximate surface area is 98.1 Å². The summed E-state index contributed by atoms with van der Waals surface area (Å²) in [7, 11) is 0. The summed E-state index contributed by atoms with van der Waals surface area (Å²) >= 11 is 0. The van der Waals surface area contributed by atoms with E-state index in [0.717, 1.165) is 0 Å². The van der Waals surface area contributed by atoms with Crippen LogP contribution in [0.2, 0.25) is 0 Å². The molecule has 0 aromatic heterocycles. The van der Waals surface area contributed by atoms with E-state index in [-0.39, 0.29) is 11.5 Å². The highest BCUT2D eigenvalue weighted by Crippen LogP contribution is 2.15. The van der Waals surface area contributed by atoms with Crippen molar-refractivity contribution in [3.05, 3.63) is 53.4 Å². The average Bonchev–Trinajstić information content (AvgIpc) is 2.35. The van der Waals surface area contributed by atoms with Crippen LogP contribution in [0.1, 0.15) is 0 Å². The summed E-state index contributed by atoms with van der Waals surface area (Å²) in [5, 5.41) is 20.1. The third kappa shape index (κ3) is 4.65. The maximum Gasteiger partial charge on any atom is 0.115 e. The fraction of sp³-hybridized carbons (Fsp3) is 0. The predicted octanol–water partition coefficient (Wildman–Crippen LogP) is 2.76. The SMILES string of the molecule is Nc1ccc(O)cc1.O=Nc1ccc(O)cc1. The van der Waals surface area contributed by atoms with E-state index in [2.05, 4.69) is 5.18 Å². The van der Waals surface area contributed by atoms with Crippen molar-refractivity contribution >= 4 is 11.4 Å². The van der Waals surface area contributed by atoms with Gasteiger partial charge >= 0.3 is 0 Å². The van der Waals surface area contributed by atoms with Crippen molar-refractivity contribution in [2.75, 3.05) is 5.73 Å². The number of hydrogen-bond donors (Lipinski definition) is 3. The van der Waals surface area contributed by atoms with Crippen LogP contribution in [0.3, 0.4) is 0 Å². The quantitative estimate of drug-likeness (QED) is 0.400. The third-order valence-electron chi connectivity index (χ3n) is 1.85. The fourth-order valence-electron chi connectivity index (χ4n) is 0.988. The number of anilines is 1. The molecule has 2 rings (SSSR count). The van der Waals surface area contributed by atoms with Crippen LogP contribution < -0.4 is 5.73 Å². The molecule has 0 amide bonds. The normalized spacial score (nSPS) is 8.94. The topological polar surface area (TPSA) is 95.9 Å². The molecule has 4 N–H and O–H groups in total. The van der Waals surface area contributed by atoms with Gasteiger partial charge in [0.25, 0.3) is 0 Å². The van der Waals surface area contributed by atoms with Gasteiger partial charge in [-0.25, -0.2) is 0 Å². The van der Waals surface area contributed by atoms with E-state index in [9.17, 15) is 4.91 Å². The number of phenols is 2. The van der Waals surface area contributed by atoms with Gasteiger partial charge in [-0.2, -0.15) is 0 Å². The van der Waals surface area contributed by atoms with Crippen LogP contribution in [-0.4, -0.2) is 10.2 Å². The van der Waals surface area contributed by atoms with Crippen LogP contribution in [0, 0.1) is 4.91 Å². The maximum absolute atomic E-state index is 9.79. The summed E-state index contributed by atoms with van der Waals surface area (Å²) in [6.45, 7) is 0. The van der Waals surface area contributed by atoms with Gasteiger partial charge in [-0.3, -0.25) is 0 Å². The molecule has 0 fully saturated rings. The van der Waals surface area contributed by atoms with E-state index in [1.807, 2.05) is 0 Å². The van der Waals surface area contributed by atoms with Crippen LogP contribution in [0.4, 0.5) is 11.4 Å². The summed E-state index contributed by atoms with van der Waals surface area (Å²) in [6, 6.07) is 12.1. The molecule has 5 heteroatoms. The second-order valence-electron chi connectivity index (χ2n) is 3.20. The molecule has 2 aromatic carbocycles. The Morgan fingerprint density at radius 3 is 1.59 bits per heavy atom. The molecular weight excluding hydrogens is 220 g/mol. The Morgan fingerprint density at radius 2 is 1.24 bits per heavy atom. The van der Waals surface area contributed by atoms with Crippen LogP contribution in [0.15, 0.2) is 53.7 Å². The highest BCUT2D eigenvalue weighted by molar-refractivity contribution is 5.41. The number of hydrogen-bond acceptors (Lipinski definition) is 5. The fourth-order valence-corrected chi connectivity index (χ4v) is 0.988. The van der Waals surface area contributed by atoms with Gasteiger partial charge in [0.1, 0.15) is 17.2 Å². The van der Waals surface area contributed by atoms with Gasteiger partial charge in [-0.15, -0.1) is 4.91 Å². The van der Waals surface area contributed by atoms with Gasteiger partial charge in [0, 0.05) is 5.69 Å². The smallest absolute Gasteiger partial charge is 0.115 e. The molecule has 0 radical (unpaired) electrons. The number of nitrogens with two attached hydrogens (primary N) is 1. The number of rotatable bonds is 1. The highest BCUT2D eigenvalue weighted by atomic mass is 16.3. The molecule has 0 atom stereocenters. The molecule has 2 aromatic rings. The summed E-state index contributed by atoms with van der Waals surface area (Å²) in [4.78, 5) is 9.79. The Bertz CT molecular complexity index is 445. The highest BCUT2D eigenvalue weighted by Gasteiger charge is 1.88. The summed E-state index contributed by atoms with van der Waals surface area (Å²) in [5.74, 6) is 0.390. The van der Waals surface area contributed by atoms with Gasteiger partial charge < -0.3 is 15.9 Å². The molecule has 0 spiro atoms. The van der Waals surface area contributed by atoms with Crippen molar-refractivity contribution in [3.8, 4) is 11.5 Å². The molecule has 0 aliphatic rings. The Balaban J connectivity index is 0.000000171. The van der Waals surface area contributed by atoms with Crippen molar-refractivity contribution in [1.29, 1.82) is 0 Å². The van der Waals surface area contributed by atoms with Crippen molar-refractivity contribution in [2.45, 2.75) is 0 Å². The predicted molar refractivity (Wildman–Crippen MR) is 66.1 cm³/mol. The molecule has 0 saturated carbocycles. The molecule has 0 aliphatic carbocycles. The van der Waals surface area contributed by atoms with E-state index >= 15 is 0 Å². The minimum absolute atomic E-state index is 0.141. The largest absolute Gasteiger partial charge is 0.508 e. The van der Waals surface area contributed by atoms with Gasteiger partial charge in [-0.1, -0.05) is 0 Å². The number of benzene rings is 2. The number of phenolic OH excluding ortho intramolecular Hbond substituents is 2. The Kier molecular flexibility index (Phi) is 4.50. The zero-order valence-electron chi connectivity index (χ0n) is 8.95. The number of nitrogen functional groups attached to an aromatic ring is 1. The third-order valence-corrected chi connectivity index (χ3v) is 1.85. The van der Waals surface area contributed by atoms with E-state index in [1.165, 1.54) is 24.3 Å². The van der Waals surface area contributed by atoms with Crippen LogP contribution in [0.25, 0.3) is 0 Å². The van der Waals surface area contributed by atoms with Gasteiger partial charge in [-0.05, 0) is 53.7 Å². The lowest BCUT2D eigenvalue weighted by Crippen LogP contribution is -1.80. The zero-order chi connectivity index (χ0) is 12.7. The maximum atomic E-state index is 9.79. The van der Waals surface area contributed by atoms with E-state index in [4.69, 9.17) is 15.9 Å². The lowest BCUT2D eigenvalue weighted by Gasteiger charge is -1.89. The van der Waals surface area contributed by atoms with Gasteiger partial charge in [0.05, 0.1) is 0 Å². The summed E-state index contributed by atoms with van der Waals surface area (Å²) in [6.07, 6.45) is 0. The van der Waals surface area contributed by atoms with Gasteiger partial charge in [0.15, 0.2) is 0 Å². The average molecular weight is 232 g/mol. The zero-order valence-corrected chi connectivity index (χ0v) is 8.95. The van der Waals surface area contributed by atoms with Crippen molar-refractivity contribution in [1.82, 2.24) is 0 Å². The molecule has 0 saturated heterocycles. The molecule has 0 aliphatic heterocycles. The van der Waals surface area contributed by atoms with Crippen molar-refractivity contribution < 1.29 is 10.2 Å². The number of nitroso groups, excluding NO2 is 1. The van der Waals surface area contributed by atoms with Crippen molar-refractivity contribution in [2.24, 2.45) is 5.18 Å². The van der Waals surface area contributed by atoms with Gasteiger partial charge in [0.2, 0.25) is 0 Å². The van der Waals surface area contributed by atoms with E-state index in [1.54, 1.807) is 24.3 Å². The second kappa shape index (κ2) is 6.12. The Morgan fingerprint density at radius 1 is 0.824 bits per heavy atom. The van der Waals surface area contributed by atoms with Crippen LogP contribution >= 0.6 is 0 Å². The number of aromatic hydroxyl groups is 2. The monoisotopic (exact) mass is 232 g/mol. The van der Waals surface area contributed by atoms with Crippen LogP contribution in [0.5, 0.6) is 11.5 Å². The minimum atomic E-state index is 0.141. The van der Waals surface area contributed by atoms with Crippen LogP contribution in [-0.2, 0) is 0 Å². The van der Waals surface area contributed by atoms with Crippen molar-refractivity contribution in [3.63, 3.8) is 0 Å². The van der Waals surface area contributed by atoms with E-state index < -0.39 is 0 Å². The first-order chi connectivity index (χ1) is 8.11. The molecule has 88 valence electrons. The molecular formula is C12H12N2O3. The Hall–Kier alpha value is -2.56. The number of nitrogens with zero attached hydrogens (tertiary/aromatic N) is 1. The first-order valence-electron chi connectivity index (χ1n) is 4.78. The molecule has 5 nitrogen and oxygen atoms in total. The van der Waals surface area contributed by atoms with E-state index in [0.29, 0.717) is 11.4 Å². The first kappa shape index (κ1) is 12.5. The summed E-state index contributed by atoms with van der Waals surface area (Å²) in [5.41, 5.74) is 6.31. The second-order valence-corrected chi connectivity index (χ2v) is 3.20. The first-order valence-corrected chi connectivity index (χ1v) is 4.78. The molecule has 0 heterocycles. The molecule has 0 unspecified atom stereocenters. The lowest BCUT2D eigenvalue weighted by atomic mass is 10.3.